The van der Waals surface area contributed by atoms with Crippen LogP contribution >= 0.6 is 22.9 Å². The average Bonchev–Trinajstić information content (AvgIpc) is 2.82. The molecule has 0 aliphatic carbocycles. The Balaban J connectivity index is 1.70. The molecule has 0 spiro atoms. The first-order valence-corrected chi connectivity index (χ1v) is 7.79. The maximum absolute atomic E-state index is 12.0. The molecular formula is C17H13ClO2S. The van der Waals surface area contributed by atoms with Crippen molar-refractivity contribution in [1.29, 1.82) is 0 Å². The van der Waals surface area contributed by atoms with E-state index in [0.29, 0.717) is 10.9 Å². The standard InChI is InChI=1S/C17H13ClO2S/c18-17-14(13-8-4-5-9-15(13)21-17)10-16(19)20-11-12-6-2-1-3-7-12/h1-9H,10-11H2. The van der Waals surface area contributed by atoms with E-state index < -0.39 is 0 Å². The minimum absolute atomic E-state index is 0.204. The number of benzene rings is 2. The molecule has 3 rings (SSSR count). The smallest absolute Gasteiger partial charge is 0.310 e. The van der Waals surface area contributed by atoms with Crippen LogP contribution in [0.1, 0.15) is 11.1 Å². The zero-order valence-electron chi connectivity index (χ0n) is 11.2. The lowest BCUT2D eigenvalue weighted by molar-refractivity contribution is -0.144. The molecule has 1 heterocycles. The maximum Gasteiger partial charge on any atom is 0.310 e. The maximum atomic E-state index is 12.0. The molecule has 0 unspecified atom stereocenters. The molecule has 0 saturated heterocycles. The van der Waals surface area contributed by atoms with Gasteiger partial charge in [0.25, 0.3) is 0 Å². The number of esters is 1. The van der Waals surface area contributed by atoms with E-state index in [1.54, 1.807) is 0 Å². The van der Waals surface area contributed by atoms with Gasteiger partial charge in [-0.25, -0.2) is 0 Å². The molecular weight excluding hydrogens is 304 g/mol. The van der Waals surface area contributed by atoms with Crippen LogP contribution in [-0.4, -0.2) is 5.97 Å². The summed E-state index contributed by atoms with van der Waals surface area (Å²) in [6.45, 7) is 0.291. The largest absolute Gasteiger partial charge is 0.461 e. The highest BCUT2D eigenvalue weighted by Gasteiger charge is 2.14. The summed E-state index contributed by atoms with van der Waals surface area (Å²) >= 11 is 7.73. The molecule has 21 heavy (non-hydrogen) atoms. The molecule has 0 bridgehead atoms. The molecule has 2 nitrogen and oxygen atoms in total. The van der Waals surface area contributed by atoms with Crippen molar-refractivity contribution in [3.8, 4) is 0 Å². The number of ether oxygens (including phenoxy) is 1. The van der Waals surface area contributed by atoms with E-state index >= 15 is 0 Å². The van der Waals surface area contributed by atoms with Crippen LogP contribution in [0.2, 0.25) is 4.34 Å². The zero-order valence-corrected chi connectivity index (χ0v) is 12.8. The van der Waals surface area contributed by atoms with E-state index in [0.717, 1.165) is 21.2 Å². The third-order valence-electron chi connectivity index (χ3n) is 3.21. The molecule has 3 aromatic rings. The van der Waals surface area contributed by atoms with Crippen molar-refractivity contribution < 1.29 is 9.53 Å². The lowest BCUT2D eigenvalue weighted by atomic mass is 10.1. The van der Waals surface area contributed by atoms with E-state index in [4.69, 9.17) is 16.3 Å². The molecule has 0 radical (unpaired) electrons. The number of fused-ring (bicyclic) bond motifs is 1. The molecule has 2 aromatic carbocycles. The predicted molar refractivity (Wildman–Crippen MR) is 86.8 cm³/mol. The van der Waals surface area contributed by atoms with Gasteiger partial charge in [0, 0.05) is 10.3 Å². The first-order chi connectivity index (χ1) is 10.2. The first-order valence-electron chi connectivity index (χ1n) is 6.59. The minimum Gasteiger partial charge on any atom is -0.461 e. The topological polar surface area (TPSA) is 26.3 Å². The van der Waals surface area contributed by atoms with Gasteiger partial charge < -0.3 is 4.74 Å². The van der Waals surface area contributed by atoms with Crippen molar-refractivity contribution >= 4 is 39.0 Å². The number of thiophene rings is 1. The van der Waals surface area contributed by atoms with Gasteiger partial charge in [-0.3, -0.25) is 4.79 Å². The highest BCUT2D eigenvalue weighted by Crippen LogP contribution is 2.35. The molecule has 0 fully saturated rings. The highest BCUT2D eigenvalue weighted by molar-refractivity contribution is 7.22. The monoisotopic (exact) mass is 316 g/mol. The van der Waals surface area contributed by atoms with Crippen molar-refractivity contribution in [2.75, 3.05) is 0 Å². The Morgan fingerprint density at radius 2 is 1.76 bits per heavy atom. The summed E-state index contributed by atoms with van der Waals surface area (Å²) in [6.07, 6.45) is 0.204. The van der Waals surface area contributed by atoms with Crippen LogP contribution in [-0.2, 0) is 22.6 Å². The highest BCUT2D eigenvalue weighted by atomic mass is 35.5. The van der Waals surface area contributed by atoms with Gasteiger partial charge >= 0.3 is 5.97 Å². The molecule has 0 aliphatic rings. The molecule has 0 atom stereocenters. The third kappa shape index (κ3) is 3.26. The van der Waals surface area contributed by atoms with Gasteiger partial charge in [-0.15, -0.1) is 11.3 Å². The number of halogens is 1. The van der Waals surface area contributed by atoms with Gasteiger partial charge in [-0.2, -0.15) is 0 Å². The Bertz CT molecular complexity index is 765. The van der Waals surface area contributed by atoms with Crippen molar-refractivity contribution in [2.24, 2.45) is 0 Å². The lowest BCUT2D eigenvalue weighted by Crippen LogP contribution is -2.07. The summed E-state index contributed by atoms with van der Waals surface area (Å²) in [5.41, 5.74) is 1.84. The van der Waals surface area contributed by atoms with Crippen molar-refractivity contribution in [3.63, 3.8) is 0 Å². The zero-order chi connectivity index (χ0) is 14.7. The number of carbonyl (C=O) groups excluding carboxylic acids is 1. The summed E-state index contributed by atoms with van der Waals surface area (Å²) in [5.74, 6) is -0.260. The van der Waals surface area contributed by atoms with Gasteiger partial charge in [0.1, 0.15) is 6.61 Å². The molecule has 1 aromatic heterocycles. The summed E-state index contributed by atoms with van der Waals surface area (Å²) in [7, 11) is 0. The van der Waals surface area contributed by atoms with Crippen LogP contribution in [0.15, 0.2) is 54.6 Å². The normalized spacial score (nSPS) is 10.7. The number of rotatable bonds is 4. The third-order valence-corrected chi connectivity index (χ3v) is 4.67. The lowest BCUT2D eigenvalue weighted by Gasteiger charge is -2.05. The molecule has 0 amide bonds. The van der Waals surface area contributed by atoms with Gasteiger partial charge in [-0.1, -0.05) is 60.1 Å². The van der Waals surface area contributed by atoms with E-state index in [-0.39, 0.29) is 12.4 Å². The van der Waals surface area contributed by atoms with Crippen LogP contribution in [0.3, 0.4) is 0 Å². The second-order valence-corrected chi connectivity index (χ2v) is 6.33. The second kappa shape index (κ2) is 6.29. The van der Waals surface area contributed by atoms with Crippen LogP contribution in [0.5, 0.6) is 0 Å². The fraction of sp³-hybridized carbons (Fsp3) is 0.118. The van der Waals surface area contributed by atoms with Crippen LogP contribution in [0.4, 0.5) is 0 Å². The van der Waals surface area contributed by atoms with Crippen LogP contribution < -0.4 is 0 Å². The van der Waals surface area contributed by atoms with E-state index in [2.05, 4.69) is 0 Å². The summed E-state index contributed by atoms with van der Waals surface area (Å²) in [6, 6.07) is 17.5. The van der Waals surface area contributed by atoms with Gasteiger partial charge in [-0.05, 0) is 17.0 Å². The van der Waals surface area contributed by atoms with E-state index in [9.17, 15) is 4.79 Å². The predicted octanol–water partition coefficient (Wildman–Crippen LogP) is 4.84. The SMILES string of the molecule is O=C(Cc1c(Cl)sc2ccccc12)OCc1ccccc1. The molecule has 106 valence electrons. The van der Waals surface area contributed by atoms with Crippen LogP contribution in [0, 0.1) is 0 Å². The Morgan fingerprint density at radius 3 is 2.57 bits per heavy atom. The summed E-state index contributed by atoms with van der Waals surface area (Å²) in [5, 5.41) is 1.03. The van der Waals surface area contributed by atoms with Crippen LogP contribution in [0.25, 0.3) is 10.1 Å². The van der Waals surface area contributed by atoms with Gasteiger partial charge in [0.15, 0.2) is 0 Å². The van der Waals surface area contributed by atoms with Crippen molar-refractivity contribution in [2.45, 2.75) is 13.0 Å². The fourth-order valence-electron chi connectivity index (χ4n) is 2.17. The molecule has 0 saturated carbocycles. The minimum atomic E-state index is -0.260. The Labute approximate surface area is 131 Å². The van der Waals surface area contributed by atoms with Crippen molar-refractivity contribution in [1.82, 2.24) is 0 Å². The summed E-state index contributed by atoms with van der Waals surface area (Å²) < 4.78 is 7.06. The fourth-order valence-corrected chi connectivity index (χ4v) is 3.53. The Hall–Kier alpha value is -1.84. The number of hydrogen-bond acceptors (Lipinski definition) is 3. The second-order valence-electron chi connectivity index (χ2n) is 4.67. The van der Waals surface area contributed by atoms with Gasteiger partial charge in [0.05, 0.1) is 10.8 Å². The quantitative estimate of drug-likeness (QED) is 0.644. The number of carbonyl (C=O) groups is 1. The molecule has 4 heteroatoms. The van der Waals surface area contributed by atoms with E-state index in [1.807, 2.05) is 54.6 Å². The average molecular weight is 317 g/mol. The first kappa shape index (κ1) is 14.1. The Morgan fingerprint density at radius 1 is 1.05 bits per heavy atom. The van der Waals surface area contributed by atoms with Gasteiger partial charge in [0.2, 0.25) is 0 Å². The number of hydrogen-bond donors (Lipinski definition) is 0. The molecule has 0 aliphatic heterocycles. The Kier molecular flexibility index (Phi) is 4.23. The van der Waals surface area contributed by atoms with Crippen molar-refractivity contribution in [3.05, 3.63) is 70.1 Å². The van der Waals surface area contributed by atoms with E-state index in [1.165, 1.54) is 11.3 Å². The summed E-state index contributed by atoms with van der Waals surface area (Å²) in [4.78, 5) is 12.0. The molecule has 0 N–H and O–H groups in total.